The van der Waals surface area contributed by atoms with Gasteiger partial charge < -0.3 is 10.2 Å². The van der Waals surface area contributed by atoms with E-state index < -0.39 is 28.5 Å². The van der Waals surface area contributed by atoms with E-state index in [1.54, 1.807) is 41.3 Å². The number of nitrogens with one attached hydrogen (secondary N) is 1. The molecular formula is C34H43N3O4S. The maximum Gasteiger partial charge on any atom is 0.264 e. The van der Waals surface area contributed by atoms with Gasteiger partial charge in [-0.2, -0.15) is 0 Å². The Balaban J connectivity index is 1.69. The smallest absolute Gasteiger partial charge is 0.264 e. The van der Waals surface area contributed by atoms with Crippen LogP contribution in [0, 0.1) is 20.8 Å². The molecule has 42 heavy (non-hydrogen) atoms. The lowest BCUT2D eigenvalue weighted by Crippen LogP contribution is -2.54. The zero-order chi connectivity index (χ0) is 30.3. The molecule has 0 unspecified atom stereocenters. The van der Waals surface area contributed by atoms with Gasteiger partial charge in [0.25, 0.3) is 10.0 Å². The largest absolute Gasteiger partial charge is 0.352 e. The van der Waals surface area contributed by atoms with Gasteiger partial charge in [0, 0.05) is 12.6 Å². The lowest BCUT2D eigenvalue weighted by Gasteiger charge is -2.34. The van der Waals surface area contributed by atoms with E-state index in [4.69, 9.17) is 0 Å². The molecule has 3 aromatic carbocycles. The number of amides is 2. The van der Waals surface area contributed by atoms with E-state index in [9.17, 15) is 18.0 Å². The van der Waals surface area contributed by atoms with E-state index in [1.807, 2.05) is 64.1 Å². The normalized spacial score (nSPS) is 14.4. The third-order valence-corrected chi connectivity index (χ3v) is 10.0. The number of aryl methyl sites for hydroxylation is 3. The lowest BCUT2D eigenvalue weighted by atomic mass is 10.1. The fraction of sp³-hybridized carbons (Fsp3) is 0.412. The number of carbonyl (C=O) groups is 2. The van der Waals surface area contributed by atoms with Crippen LogP contribution in [0.1, 0.15) is 61.3 Å². The van der Waals surface area contributed by atoms with Crippen molar-refractivity contribution >= 4 is 27.5 Å². The standard InChI is InChI=1S/C34H43N3O4S/c1-5-32(34(39)35-29-13-9-10-14-29)36(22-21-28-11-7-6-8-12-28)33(38)24-37(30-18-17-26(3)27(4)23-30)42(40,41)31-19-15-25(2)16-20-31/h6-8,11-12,15-20,23,29,32H,5,9-10,13-14,21-22,24H2,1-4H3,(H,35,39)/t32-/m1/s1. The second-order valence-electron chi connectivity index (χ2n) is 11.3. The molecule has 224 valence electrons. The van der Waals surface area contributed by atoms with Crippen LogP contribution in [0.3, 0.4) is 0 Å². The molecule has 0 spiro atoms. The summed E-state index contributed by atoms with van der Waals surface area (Å²) in [5.74, 6) is -0.585. The molecule has 3 aromatic rings. The fourth-order valence-corrected chi connectivity index (χ4v) is 6.92. The first-order valence-electron chi connectivity index (χ1n) is 14.9. The molecule has 4 rings (SSSR count). The molecule has 0 saturated heterocycles. The molecule has 1 fully saturated rings. The number of sulfonamides is 1. The zero-order valence-electron chi connectivity index (χ0n) is 25.2. The minimum atomic E-state index is -4.08. The second kappa shape index (κ2) is 14.0. The number of anilines is 1. The molecular weight excluding hydrogens is 546 g/mol. The van der Waals surface area contributed by atoms with Crippen LogP contribution in [0.4, 0.5) is 5.69 Å². The average molecular weight is 590 g/mol. The zero-order valence-corrected chi connectivity index (χ0v) is 26.0. The molecule has 0 bridgehead atoms. The molecule has 2 amide bonds. The predicted molar refractivity (Wildman–Crippen MR) is 168 cm³/mol. The Morgan fingerprint density at radius 1 is 0.905 bits per heavy atom. The van der Waals surface area contributed by atoms with Crippen molar-refractivity contribution in [3.63, 3.8) is 0 Å². The van der Waals surface area contributed by atoms with E-state index in [0.29, 0.717) is 25.1 Å². The van der Waals surface area contributed by atoms with Crippen molar-refractivity contribution < 1.29 is 18.0 Å². The van der Waals surface area contributed by atoms with Crippen molar-refractivity contribution in [1.29, 1.82) is 0 Å². The van der Waals surface area contributed by atoms with E-state index in [2.05, 4.69) is 5.32 Å². The Morgan fingerprint density at radius 3 is 2.19 bits per heavy atom. The molecule has 0 aliphatic heterocycles. The minimum Gasteiger partial charge on any atom is -0.352 e. The van der Waals surface area contributed by atoms with Crippen LogP contribution in [0.2, 0.25) is 0 Å². The van der Waals surface area contributed by atoms with Crippen molar-refractivity contribution in [1.82, 2.24) is 10.2 Å². The topological polar surface area (TPSA) is 86.8 Å². The minimum absolute atomic E-state index is 0.112. The van der Waals surface area contributed by atoms with E-state index in [-0.39, 0.29) is 16.8 Å². The highest BCUT2D eigenvalue weighted by Gasteiger charge is 2.34. The summed E-state index contributed by atoms with van der Waals surface area (Å²) in [5, 5.41) is 3.16. The van der Waals surface area contributed by atoms with Crippen LogP contribution in [-0.4, -0.2) is 50.3 Å². The summed E-state index contributed by atoms with van der Waals surface area (Å²) in [6, 6.07) is 21.3. The summed E-state index contributed by atoms with van der Waals surface area (Å²) in [5.41, 5.74) is 4.34. The Morgan fingerprint density at radius 2 is 1.57 bits per heavy atom. The van der Waals surface area contributed by atoms with Gasteiger partial charge in [-0.15, -0.1) is 0 Å². The van der Waals surface area contributed by atoms with Crippen molar-refractivity contribution in [2.45, 2.75) is 83.2 Å². The highest BCUT2D eigenvalue weighted by atomic mass is 32.2. The van der Waals surface area contributed by atoms with Crippen molar-refractivity contribution in [2.24, 2.45) is 0 Å². The number of carbonyl (C=O) groups excluding carboxylic acids is 2. The van der Waals surface area contributed by atoms with Gasteiger partial charge >= 0.3 is 0 Å². The summed E-state index contributed by atoms with van der Waals surface area (Å²) in [7, 11) is -4.08. The van der Waals surface area contributed by atoms with Gasteiger partial charge in [-0.05, 0) is 87.4 Å². The number of rotatable bonds is 12. The summed E-state index contributed by atoms with van der Waals surface area (Å²) in [4.78, 5) is 29.4. The molecule has 7 nitrogen and oxygen atoms in total. The molecule has 1 saturated carbocycles. The van der Waals surface area contributed by atoms with Gasteiger partial charge in [0.2, 0.25) is 11.8 Å². The average Bonchev–Trinajstić information content (AvgIpc) is 3.49. The first-order valence-corrected chi connectivity index (χ1v) is 16.3. The van der Waals surface area contributed by atoms with Crippen LogP contribution in [0.15, 0.2) is 77.7 Å². The third-order valence-electron chi connectivity index (χ3n) is 8.24. The highest BCUT2D eigenvalue weighted by molar-refractivity contribution is 7.92. The molecule has 8 heteroatoms. The summed E-state index contributed by atoms with van der Waals surface area (Å²) in [6.45, 7) is 7.55. The van der Waals surface area contributed by atoms with E-state index >= 15 is 0 Å². The Bertz CT molecular complexity index is 1470. The maximum absolute atomic E-state index is 14.2. The SMILES string of the molecule is CC[C@H](C(=O)NC1CCCC1)N(CCc1ccccc1)C(=O)CN(c1ccc(C)c(C)c1)S(=O)(=O)c1ccc(C)cc1. The van der Waals surface area contributed by atoms with Crippen molar-refractivity contribution in [2.75, 3.05) is 17.4 Å². The van der Waals surface area contributed by atoms with Crippen LogP contribution in [0.25, 0.3) is 0 Å². The Hall–Kier alpha value is -3.65. The predicted octanol–water partition coefficient (Wildman–Crippen LogP) is 5.72. The monoisotopic (exact) mass is 589 g/mol. The molecule has 1 N–H and O–H groups in total. The van der Waals surface area contributed by atoms with Crippen LogP contribution in [0.5, 0.6) is 0 Å². The second-order valence-corrected chi connectivity index (χ2v) is 13.2. The summed E-state index contributed by atoms with van der Waals surface area (Å²) in [6.07, 6.45) is 5.02. The number of nitrogens with zero attached hydrogens (tertiary/aromatic N) is 2. The third kappa shape index (κ3) is 7.59. The number of benzene rings is 3. The highest BCUT2D eigenvalue weighted by Crippen LogP contribution is 2.27. The molecule has 1 aliphatic rings. The van der Waals surface area contributed by atoms with Gasteiger partial charge in [0.1, 0.15) is 12.6 Å². The first kappa shape index (κ1) is 31.3. The summed E-state index contributed by atoms with van der Waals surface area (Å²) >= 11 is 0. The van der Waals surface area contributed by atoms with Gasteiger partial charge in [-0.1, -0.05) is 73.9 Å². The lowest BCUT2D eigenvalue weighted by molar-refractivity contribution is -0.139. The van der Waals surface area contributed by atoms with Gasteiger partial charge in [-0.25, -0.2) is 8.42 Å². The van der Waals surface area contributed by atoms with Crippen LogP contribution < -0.4 is 9.62 Å². The maximum atomic E-state index is 14.2. The Kier molecular flexibility index (Phi) is 10.4. The van der Waals surface area contributed by atoms with Gasteiger partial charge in [-0.3, -0.25) is 13.9 Å². The fourth-order valence-electron chi connectivity index (χ4n) is 5.51. The molecule has 0 heterocycles. The molecule has 0 radical (unpaired) electrons. The molecule has 0 aromatic heterocycles. The van der Waals surface area contributed by atoms with E-state index in [0.717, 1.165) is 47.9 Å². The quantitative estimate of drug-likeness (QED) is 0.293. The van der Waals surface area contributed by atoms with Crippen molar-refractivity contribution in [3.05, 3.63) is 95.1 Å². The van der Waals surface area contributed by atoms with E-state index in [1.165, 1.54) is 4.31 Å². The van der Waals surface area contributed by atoms with Gasteiger partial charge in [0.05, 0.1) is 10.6 Å². The van der Waals surface area contributed by atoms with Crippen molar-refractivity contribution in [3.8, 4) is 0 Å². The molecule has 1 aliphatic carbocycles. The van der Waals surface area contributed by atoms with Gasteiger partial charge in [0.15, 0.2) is 0 Å². The number of hydrogen-bond donors (Lipinski definition) is 1. The Labute approximate surface area is 251 Å². The summed E-state index contributed by atoms with van der Waals surface area (Å²) < 4.78 is 29.3. The van der Waals surface area contributed by atoms with Crippen LogP contribution in [-0.2, 0) is 26.0 Å². The number of hydrogen-bond acceptors (Lipinski definition) is 4. The van der Waals surface area contributed by atoms with Crippen LogP contribution >= 0.6 is 0 Å². The first-order chi connectivity index (χ1) is 20.1. The molecule has 1 atom stereocenters.